The lowest BCUT2D eigenvalue weighted by molar-refractivity contribution is -0.117. The molecule has 0 unspecified atom stereocenters. The van der Waals surface area contributed by atoms with Gasteiger partial charge in [0.1, 0.15) is 5.75 Å². The third-order valence-corrected chi connectivity index (χ3v) is 5.74. The number of aryl methyl sites for hydroxylation is 1. The molecular weight excluding hydrogens is 370 g/mol. The summed E-state index contributed by atoms with van der Waals surface area (Å²) in [6.07, 6.45) is 2.03. The summed E-state index contributed by atoms with van der Waals surface area (Å²) in [7, 11) is 1.72. The number of nitrogens with one attached hydrogen (secondary N) is 1. The fourth-order valence-corrected chi connectivity index (χ4v) is 3.94. The number of ether oxygens (including phenoxy) is 1. The minimum Gasteiger partial charge on any atom is -0.496 e. The van der Waals surface area contributed by atoms with Crippen molar-refractivity contribution in [3.05, 3.63) is 53.6 Å². The van der Waals surface area contributed by atoms with Crippen molar-refractivity contribution >= 4 is 23.4 Å². The lowest BCUT2D eigenvalue weighted by atomic mass is 10.1. The topological polar surface area (TPSA) is 44.8 Å². The van der Waals surface area contributed by atoms with Crippen LogP contribution in [0.2, 0.25) is 0 Å². The molecule has 1 aliphatic rings. The van der Waals surface area contributed by atoms with Crippen LogP contribution < -0.4 is 10.1 Å². The monoisotopic (exact) mass is 399 g/mol. The Bertz CT molecular complexity index is 804. The highest BCUT2D eigenvalue weighted by Gasteiger charge is 2.20. The summed E-state index contributed by atoms with van der Waals surface area (Å²) in [6, 6.07) is 14.3. The summed E-state index contributed by atoms with van der Waals surface area (Å²) in [6.45, 7) is 7.11. The summed E-state index contributed by atoms with van der Waals surface area (Å²) in [5, 5.41) is 3.01. The van der Waals surface area contributed by atoms with Gasteiger partial charge in [0.25, 0.3) is 0 Å². The lowest BCUT2D eigenvalue weighted by Crippen LogP contribution is -2.48. The molecule has 1 heterocycles. The summed E-state index contributed by atoms with van der Waals surface area (Å²) in [5.41, 5.74) is 3.33. The van der Waals surface area contributed by atoms with Gasteiger partial charge in [0.05, 0.1) is 13.7 Å². The van der Waals surface area contributed by atoms with Crippen LogP contribution in [0.1, 0.15) is 11.1 Å². The largest absolute Gasteiger partial charge is 0.496 e. The number of benzene rings is 2. The van der Waals surface area contributed by atoms with Crippen LogP contribution in [0, 0.1) is 6.92 Å². The average molecular weight is 400 g/mol. The Hall–Kier alpha value is -2.02. The van der Waals surface area contributed by atoms with Crippen molar-refractivity contribution < 1.29 is 9.53 Å². The van der Waals surface area contributed by atoms with Gasteiger partial charge in [-0.05, 0) is 37.4 Å². The third kappa shape index (κ3) is 5.74. The molecule has 0 bridgehead atoms. The molecule has 0 atom stereocenters. The number of methoxy groups -OCH3 is 1. The second kappa shape index (κ2) is 9.96. The highest BCUT2D eigenvalue weighted by molar-refractivity contribution is 7.98. The predicted molar refractivity (Wildman–Crippen MR) is 116 cm³/mol. The molecule has 0 aliphatic carbocycles. The van der Waals surface area contributed by atoms with Gasteiger partial charge in [0.2, 0.25) is 5.91 Å². The second-order valence-electron chi connectivity index (χ2n) is 7.15. The minimum absolute atomic E-state index is 0.0482. The van der Waals surface area contributed by atoms with Crippen LogP contribution in [-0.4, -0.2) is 61.8 Å². The van der Waals surface area contributed by atoms with Gasteiger partial charge in [0.15, 0.2) is 0 Å². The zero-order valence-electron chi connectivity index (χ0n) is 16.9. The molecule has 2 aromatic carbocycles. The van der Waals surface area contributed by atoms with Crippen LogP contribution in [0.3, 0.4) is 0 Å². The molecule has 2 aromatic rings. The van der Waals surface area contributed by atoms with E-state index in [9.17, 15) is 4.79 Å². The SMILES string of the molecule is COc1ccc(C)cc1CN1CCN(CC(=O)Nc2cccc(SC)c2)CC1. The molecule has 1 fully saturated rings. The normalized spacial score (nSPS) is 15.4. The van der Waals surface area contributed by atoms with Gasteiger partial charge in [0, 0.05) is 48.9 Å². The smallest absolute Gasteiger partial charge is 0.238 e. The zero-order chi connectivity index (χ0) is 19.9. The van der Waals surface area contributed by atoms with E-state index < -0.39 is 0 Å². The van der Waals surface area contributed by atoms with Gasteiger partial charge in [-0.25, -0.2) is 0 Å². The molecule has 1 N–H and O–H groups in total. The molecule has 0 spiro atoms. The van der Waals surface area contributed by atoms with E-state index in [0.29, 0.717) is 6.54 Å². The van der Waals surface area contributed by atoms with Crippen LogP contribution in [0.25, 0.3) is 0 Å². The standard InChI is InChI=1S/C22H29N3O2S/c1-17-7-8-21(27-2)18(13-17)15-24-9-11-25(12-10-24)16-22(26)23-19-5-4-6-20(14-19)28-3/h4-8,13-14H,9-12,15-16H2,1-3H3,(H,23,26). The molecule has 150 valence electrons. The maximum Gasteiger partial charge on any atom is 0.238 e. The molecule has 0 saturated carbocycles. The van der Waals surface area contributed by atoms with E-state index in [1.165, 1.54) is 11.1 Å². The third-order valence-electron chi connectivity index (χ3n) is 5.02. The molecule has 0 radical (unpaired) electrons. The fraction of sp³-hybridized carbons (Fsp3) is 0.409. The van der Waals surface area contributed by atoms with Gasteiger partial charge >= 0.3 is 0 Å². The molecule has 0 aromatic heterocycles. The molecule has 1 amide bonds. The van der Waals surface area contributed by atoms with Crippen molar-refractivity contribution in [2.24, 2.45) is 0 Å². The maximum atomic E-state index is 12.4. The number of rotatable bonds is 7. The van der Waals surface area contributed by atoms with E-state index >= 15 is 0 Å². The van der Waals surface area contributed by atoms with E-state index in [4.69, 9.17) is 4.74 Å². The van der Waals surface area contributed by atoms with Gasteiger partial charge in [-0.2, -0.15) is 0 Å². The first kappa shape index (κ1) is 20.7. The molecule has 28 heavy (non-hydrogen) atoms. The van der Waals surface area contributed by atoms with Crippen molar-refractivity contribution in [3.8, 4) is 5.75 Å². The van der Waals surface area contributed by atoms with Crippen LogP contribution in [0.5, 0.6) is 5.75 Å². The first-order chi connectivity index (χ1) is 13.6. The molecule has 1 saturated heterocycles. The summed E-state index contributed by atoms with van der Waals surface area (Å²) in [4.78, 5) is 18.2. The number of anilines is 1. The molecule has 1 aliphatic heterocycles. The van der Waals surface area contributed by atoms with Crippen molar-refractivity contribution in [2.45, 2.75) is 18.4 Å². The predicted octanol–water partition coefficient (Wildman–Crippen LogP) is 3.48. The Balaban J connectivity index is 1.47. The van der Waals surface area contributed by atoms with Gasteiger partial charge in [-0.1, -0.05) is 23.8 Å². The average Bonchev–Trinajstić information content (AvgIpc) is 2.70. The fourth-order valence-electron chi connectivity index (χ4n) is 3.48. The second-order valence-corrected chi connectivity index (χ2v) is 8.03. The molecule has 5 nitrogen and oxygen atoms in total. The van der Waals surface area contributed by atoms with E-state index in [1.807, 2.05) is 36.6 Å². The van der Waals surface area contributed by atoms with Crippen molar-refractivity contribution in [3.63, 3.8) is 0 Å². The number of piperazine rings is 1. The summed E-state index contributed by atoms with van der Waals surface area (Å²) in [5.74, 6) is 0.993. The molecular formula is C22H29N3O2S. The van der Waals surface area contributed by atoms with Crippen molar-refractivity contribution in [1.29, 1.82) is 0 Å². The number of hydrogen-bond donors (Lipinski definition) is 1. The number of carbonyl (C=O) groups excluding carboxylic acids is 1. The Kier molecular flexibility index (Phi) is 7.36. The highest BCUT2D eigenvalue weighted by atomic mass is 32.2. The van der Waals surface area contributed by atoms with Crippen LogP contribution in [0.4, 0.5) is 5.69 Å². The Morgan fingerprint density at radius 3 is 2.57 bits per heavy atom. The van der Waals surface area contributed by atoms with Gasteiger partial charge in [-0.3, -0.25) is 14.6 Å². The van der Waals surface area contributed by atoms with E-state index in [-0.39, 0.29) is 5.91 Å². The minimum atomic E-state index is 0.0482. The number of thioether (sulfide) groups is 1. The first-order valence-electron chi connectivity index (χ1n) is 9.59. The van der Waals surface area contributed by atoms with Gasteiger partial charge in [-0.15, -0.1) is 11.8 Å². The molecule has 6 heteroatoms. The number of nitrogens with zero attached hydrogens (tertiary/aromatic N) is 2. The Labute approximate surface area is 172 Å². The van der Waals surface area contributed by atoms with E-state index in [1.54, 1.807) is 18.9 Å². The maximum absolute atomic E-state index is 12.4. The van der Waals surface area contributed by atoms with E-state index in [2.05, 4.69) is 34.2 Å². The first-order valence-corrected chi connectivity index (χ1v) is 10.8. The van der Waals surface area contributed by atoms with Crippen LogP contribution >= 0.6 is 11.8 Å². The Morgan fingerprint density at radius 1 is 1.11 bits per heavy atom. The summed E-state index contributed by atoms with van der Waals surface area (Å²) < 4.78 is 5.50. The molecule has 3 rings (SSSR count). The van der Waals surface area contributed by atoms with Crippen LogP contribution in [-0.2, 0) is 11.3 Å². The van der Waals surface area contributed by atoms with Crippen molar-refractivity contribution in [2.75, 3.05) is 51.4 Å². The number of carbonyl (C=O) groups is 1. The van der Waals surface area contributed by atoms with E-state index in [0.717, 1.165) is 49.1 Å². The number of hydrogen-bond acceptors (Lipinski definition) is 5. The Morgan fingerprint density at radius 2 is 1.86 bits per heavy atom. The number of amides is 1. The van der Waals surface area contributed by atoms with Gasteiger partial charge < -0.3 is 10.1 Å². The quantitative estimate of drug-likeness (QED) is 0.722. The zero-order valence-corrected chi connectivity index (χ0v) is 17.7. The van der Waals surface area contributed by atoms with Crippen LogP contribution in [0.15, 0.2) is 47.4 Å². The van der Waals surface area contributed by atoms with Crippen molar-refractivity contribution in [1.82, 2.24) is 9.80 Å². The lowest BCUT2D eigenvalue weighted by Gasteiger charge is -2.34. The summed E-state index contributed by atoms with van der Waals surface area (Å²) >= 11 is 1.67. The highest BCUT2D eigenvalue weighted by Crippen LogP contribution is 2.22.